The summed E-state index contributed by atoms with van der Waals surface area (Å²) in [7, 11) is -3.14. The van der Waals surface area contributed by atoms with Crippen molar-refractivity contribution in [2.24, 2.45) is 0 Å². The molecule has 0 spiro atoms. The highest BCUT2D eigenvalue weighted by Crippen LogP contribution is 2.23. The number of pyridine rings is 1. The summed E-state index contributed by atoms with van der Waals surface area (Å²) in [5, 5.41) is 11.0. The number of rotatable bonds is 5. The first-order valence-electron chi connectivity index (χ1n) is 7.08. The summed E-state index contributed by atoms with van der Waals surface area (Å²) >= 11 is 0. The van der Waals surface area contributed by atoms with Gasteiger partial charge in [-0.15, -0.1) is 0 Å². The summed E-state index contributed by atoms with van der Waals surface area (Å²) in [5.74, 6) is 0.696. The standard InChI is InChI=1S/C15H17N5O2S/c1-10-4-3-5-11-12(6-7-16-15(10)11)17-8-13-18-14(20-19-13)9-23(2,21)22/h3-7H,8-9H2,1-2H3,(H,16,17)(H,18,19,20). The Morgan fingerprint density at radius 3 is 2.87 bits per heavy atom. The van der Waals surface area contributed by atoms with E-state index in [-0.39, 0.29) is 11.6 Å². The van der Waals surface area contributed by atoms with Crippen LogP contribution < -0.4 is 5.32 Å². The van der Waals surface area contributed by atoms with Gasteiger partial charge in [0.1, 0.15) is 11.6 Å². The van der Waals surface area contributed by atoms with Crippen LogP contribution in [-0.4, -0.2) is 34.8 Å². The Morgan fingerprint density at radius 1 is 1.26 bits per heavy atom. The van der Waals surface area contributed by atoms with Crippen molar-refractivity contribution in [2.45, 2.75) is 19.2 Å². The first-order chi connectivity index (χ1) is 10.9. The van der Waals surface area contributed by atoms with Crippen LogP contribution in [0, 0.1) is 6.92 Å². The minimum atomic E-state index is -3.14. The number of aromatic amines is 1. The molecule has 0 fully saturated rings. The summed E-state index contributed by atoms with van der Waals surface area (Å²) in [6.45, 7) is 2.44. The van der Waals surface area contributed by atoms with E-state index in [1.807, 2.05) is 31.2 Å². The van der Waals surface area contributed by atoms with Gasteiger partial charge in [-0.2, -0.15) is 5.10 Å². The topological polar surface area (TPSA) is 101 Å². The zero-order valence-corrected chi connectivity index (χ0v) is 13.7. The van der Waals surface area contributed by atoms with Gasteiger partial charge >= 0.3 is 0 Å². The van der Waals surface area contributed by atoms with Crippen molar-refractivity contribution in [1.82, 2.24) is 20.2 Å². The van der Waals surface area contributed by atoms with Crippen LogP contribution in [0.25, 0.3) is 10.9 Å². The molecule has 3 rings (SSSR count). The Labute approximate surface area is 134 Å². The molecule has 0 aliphatic heterocycles. The van der Waals surface area contributed by atoms with Crippen LogP contribution in [0.5, 0.6) is 0 Å². The Morgan fingerprint density at radius 2 is 2.09 bits per heavy atom. The molecule has 0 radical (unpaired) electrons. The molecule has 0 amide bonds. The fourth-order valence-corrected chi connectivity index (χ4v) is 2.97. The van der Waals surface area contributed by atoms with E-state index in [1.165, 1.54) is 0 Å². The number of nitrogens with one attached hydrogen (secondary N) is 2. The maximum Gasteiger partial charge on any atom is 0.165 e. The molecular formula is C15H17N5O2S. The molecule has 0 unspecified atom stereocenters. The van der Waals surface area contributed by atoms with E-state index in [1.54, 1.807) is 6.20 Å². The lowest BCUT2D eigenvalue weighted by Gasteiger charge is -2.09. The van der Waals surface area contributed by atoms with Gasteiger partial charge in [-0.3, -0.25) is 10.1 Å². The molecule has 7 nitrogen and oxygen atoms in total. The first kappa shape index (κ1) is 15.4. The normalized spacial score (nSPS) is 11.7. The summed E-state index contributed by atoms with van der Waals surface area (Å²) < 4.78 is 22.5. The zero-order valence-electron chi connectivity index (χ0n) is 12.9. The van der Waals surface area contributed by atoms with Gasteiger partial charge in [-0.1, -0.05) is 18.2 Å². The van der Waals surface area contributed by atoms with Gasteiger partial charge < -0.3 is 5.32 Å². The van der Waals surface area contributed by atoms with Crippen LogP contribution in [0.1, 0.15) is 17.2 Å². The van der Waals surface area contributed by atoms with Crippen molar-refractivity contribution in [2.75, 3.05) is 11.6 Å². The van der Waals surface area contributed by atoms with E-state index < -0.39 is 9.84 Å². The van der Waals surface area contributed by atoms with Gasteiger partial charge in [0, 0.05) is 23.5 Å². The Bertz CT molecular complexity index is 949. The van der Waals surface area contributed by atoms with E-state index in [9.17, 15) is 8.42 Å². The van der Waals surface area contributed by atoms with Gasteiger partial charge in [0.05, 0.1) is 12.1 Å². The van der Waals surface area contributed by atoms with Crippen molar-refractivity contribution in [3.63, 3.8) is 0 Å². The second kappa shape index (κ2) is 5.96. The highest BCUT2D eigenvalue weighted by atomic mass is 32.2. The van der Waals surface area contributed by atoms with Gasteiger partial charge in [0.2, 0.25) is 0 Å². The average Bonchev–Trinajstić information content (AvgIpc) is 2.91. The summed E-state index contributed by atoms with van der Waals surface area (Å²) in [6, 6.07) is 7.92. The van der Waals surface area contributed by atoms with Gasteiger partial charge in [0.25, 0.3) is 0 Å². The number of hydrogen-bond acceptors (Lipinski definition) is 6. The van der Waals surface area contributed by atoms with E-state index >= 15 is 0 Å². The van der Waals surface area contributed by atoms with Crippen molar-refractivity contribution < 1.29 is 8.42 Å². The SMILES string of the molecule is Cc1cccc2c(NCc3nc(CS(C)(=O)=O)n[nH]3)ccnc12. The first-order valence-corrected chi connectivity index (χ1v) is 9.14. The molecule has 120 valence electrons. The number of anilines is 1. The molecule has 1 aromatic carbocycles. The lowest BCUT2D eigenvalue weighted by Crippen LogP contribution is -2.04. The van der Waals surface area contributed by atoms with Crippen molar-refractivity contribution >= 4 is 26.4 Å². The third-order valence-electron chi connectivity index (χ3n) is 3.39. The number of nitrogens with zero attached hydrogens (tertiary/aromatic N) is 3. The second-order valence-electron chi connectivity index (χ2n) is 5.45. The fourth-order valence-electron chi connectivity index (χ4n) is 2.37. The van der Waals surface area contributed by atoms with Crippen molar-refractivity contribution in [3.8, 4) is 0 Å². The van der Waals surface area contributed by atoms with E-state index in [2.05, 4.69) is 25.5 Å². The zero-order chi connectivity index (χ0) is 16.4. The smallest absolute Gasteiger partial charge is 0.165 e. The Kier molecular flexibility index (Phi) is 3.99. The van der Waals surface area contributed by atoms with Crippen molar-refractivity contribution in [3.05, 3.63) is 47.7 Å². The molecule has 0 saturated heterocycles. The summed E-state index contributed by atoms with van der Waals surface area (Å²) in [6.07, 6.45) is 2.92. The van der Waals surface area contributed by atoms with Crippen LogP contribution in [0.4, 0.5) is 5.69 Å². The molecule has 0 bridgehead atoms. The molecule has 8 heteroatoms. The van der Waals surface area contributed by atoms with Crippen LogP contribution in [0.2, 0.25) is 0 Å². The van der Waals surface area contributed by atoms with Gasteiger partial charge in [0.15, 0.2) is 15.7 Å². The van der Waals surface area contributed by atoms with E-state index in [0.29, 0.717) is 12.4 Å². The number of fused-ring (bicyclic) bond motifs is 1. The number of benzene rings is 1. The Balaban J connectivity index is 1.78. The average molecular weight is 331 g/mol. The van der Waals surface area contributed by atoms with E-state index in [0.717, 1.165) is 28.4 Å². The second-order valence-corrected chi connectivity index (χ2v) is 7.59. The molecule has 2 heterocycles. The van der Waals surface area contributed by atoms with Gasteiger partial charge in [-0.25, -0.2) is 13.4 Å². The summed E-state index contributed by atoms with van der Waals surface area (Å²) in [4.78, 5) is 8.58. The Hall–Kier alpha value is -2.48. The lowest BCUT2D eigenvalue weighted by atomic mass is 10.1. The maximum atomic E-state index is 11.3. The van der Waals surface area contributed by atoms with Crippen LogP contribution >= 0.6 is 0 Å². The summed E-state index contributed by atoms with van der Waals surface area (Å²) in [5.41, 5.74) is 3.01. The molecule has 0 aliphatic carbocycles. The molecule has 2 N–H and O–H groups in total. The number of H-pyrrole nitrogens is 1. The third kappa shape index (κ3) is 3.65. The number of para-hydroxylation sites is 1. The maximum absolute atomic E-state index is 11.3. The highest BCUT2D eigenvalue weighted by Gasteiger charge is 2.10. The van der Waals surface area contributed by atoms with E-state index in [4.69, 9.17) is 0 Å². The highest BCUT2D eigenvalue weighted by molar-refractivity contribution is 7.89. The molecule has 3 aromatic rings. The monoisotopic (exact) mass is 331 g/mol. The van der Waals surface area contributed by atoms with Crippen LogP contribution in [0.15, 0.2) is 30.5 Å². The number of aryl methyl sites for hydroxylation is 1. The van der Waals surface area contributed by atoms with Crippen LogP contribution in [-0.2, 0) is 22.1 Å². The molecule has 0 saturated carbocycles. The largest absolute Gasteiger partial charge is 0.377 e. The quantitative estimate of drug-likeness (QED) is 0.739. The third-order valence-corrected chi connectivity index (χ3v) is 4.17. The predicted octanol–water partition coefficient (Wildman–Crippen LogP) is 1.82. The molecule has 2 aromatic heterocycles. The lowest BCUT2D eigenvalue weighted by molar-refractivity contribution is 0.599. The van der Waals surface area contributed by atoms with Gasteiger partial charge in [-0.05, 0) is 18.6 Å². The molecule has 0 aliphatic rings. The van der Waals surface area contributed by atoms with Crippen LogP contribution in [0.3, 0.4) is 0 Å². The molecular weight excluding hydrogens is 314 g/mol. The fraction of sp³-hybridized carbons (Fsp3) is 0.267. The number of aromatic nitrogens is 4. The minimum Gasteiger partial charge on any atom is -0.377 e. The minimum absolute atomic E-state index is 0.166. The number of hydrogen-bond donors (Lipinski definition) is 2. The molecule has 0 atom stereocenters. The predicted molar refractivity (Wildman–Crippen MR) is 88.7 cm³/mol. The molecule has 23 heavy (non-hydrogen) atoms. The van der Waals surface area contributed by atoms with Crippen molar-refractivity contribution in [1.29, 1.82) is 0 Å². The number of sulfone groups is 1.